The van der Waals surface area contributed by atoms with Crippen LogP contribution in [0, 0.1) is 5.41 Å². The highest BCUT2D eigenvalue weighted by Crippen LogP contribution is 2.40. The largest absolute Gasteiger partial charge is 0.395 e. The van der Waals surface area contributed by atoms with Crippen molar-refractivity contribution in [1.29, 1.82) is 0 Å². The summed E-state index contributed by atoms with van der Waals surface area (Å²) in [4.78, 5) is 26.7. The second-order valence-corrected chi connectivity index (χ2v) is 9.89. The van der Waals surface area contributed by atoms with Crippen LogP contribution in [0.3, 0.4) is 0 Å². The van der Waals surface area contributed by atoms with Crippen molar-refractivity contribution < 1.29 is 9.90 Å². The number of hydrogen-bond donors (Lipinski definition) is 3. The van der Waals surface area contributed by atoms with Crippen LogP contribution >= 0.6 is 0 Å². The first-order chi connectivity index (χ1) is 16.5. The van der Waals surface area contributed by atoms with E-state index in [1.54, 1.807) is 26.2 Å². The van der Waals surface area contributed by atoms with Crippen LogP contribution in [0.4, 0.5) is 5.82 Å². The summed E-state index contributed by atoms with van der Waals surface area (Å²) in [6, 6.07) is 12.2. The Hall–Kier alpha value is -3.32. The summed E-state index contributed by atoms with van der Waals surface area (Å²) in [6.07, 6.45) is 8.27. The lowest BCUT2D eigenvalue weighted by Crippen LogP contribution is -2.42. The number of pyridine rings is 1. The van der Waals surface area contributed by atoms with Gasteiger partial charge in [-0.05, 0) is 69.2 Å². The molecule has 2 aromatic heterocycles. The normalized spacial score (nSPS) is 19.3. The number of carbonyl (C=O) groups excluding carboxylic acids is 1. The molecule has 7 heteroatoms. The minimum absolute atomic E-state index is 0.0744. The lowest BCUT2D eigenvalue weighted by atomic mass is 9.83. The monoisotopic (exact) mass is 457 g/mol. The first kappa shape index (κ1) is 22.5. The van der Waals surface area contributed by atoms with Crippen LogP contribution in [0.15, 0.2) is 48.8 Å². The van der Waals surface area contributed by atoms with Gasteiger partial charge in [-0.3, -0.25) is 9.78 Å². The maximum absolute atomic E-state index is 12.7. The number of aliphatic hydroxyl groups excluding tert-OH is 1. The van der Waals surface area contributed by atoms with Gasteiger partial charge in [-0.15, -0.1) is 0 Å². The van der Waals surface area contributed by atoms with E-state index >= 15 is 0 Å². The van der Waals surface area contributed by atoms with Crippen LogP contribution in [-0.2, 0) is 17.6 Å². The van der Waals surface area contributed by atoms with Crippen LogP contribution in [0.5, 0.6) is 0 Å². The van der Waals surface area contributed by atoms with Crippen molar-refractivity contribution in [3.8, 4) is 11.4 Å². The van der Waals surface area contributed by atoms with E-state index in [9.17, 15) is 9.90 Å². The number of nitrogens with one attached hydrogen (secondary N) is 2. The summed E-state index contributed by atoms with van der Waals surface area (Å²) >= 11 is 0. The van der Waals surface area contributed by atoms with Gasteiger partial charge in [0.15, 0.2) is 5.82 Å². The summed E-state index contributed by atoms with van der Waals surface area (Å²) in [7, 11) is 0. The van der Waals surface area contributed by atoms with Gasteiger partial charge in [-0.2, -0.15) is 0 Å². The zero-order chi connectivity index (χ0) is 23.7. The molecule has 2 aliphatic carbocycles. The topological polar surface area (TPSA) is 100 Å². The van der Waals surface area contributed by atoms with Crippen LogP contribution in [0.1, 0.15) is 67.6 Å². The van der Waals surface area contributed by atoms with E-state index in [0.29, 0.717) is 5.82 Å². The quantitative estimate of drug-likeness (QED) is 0.514. The van der Waals surface area contributed by atoms with Gasteiger partial charge in [-0.25, -0.2) is 9.97 Å². The number of anilines is 1. The van der Waals surface area contributed by atoms with E-state index in [-0.39, 0.29) is 24.6 Å². The number of nitrogens with zero attached hydrogens (tertiary/aromatic N) is 3. The Labute approximate surface area is 200 Å². The van der Waals surface area contributed by atoms with Crippen LogP contribution in [0.2, 0.25) is 0 Å². The Kier molecular flexibility index (Phi) is 6.04. The van der Waals surface area contributed by atoms with E-state index in [1.807, 2.05) is 24.3 Å². The predicted molar refractivity (Wildman–Crippen MR) is 131 cm³/mol. The van der Waals surface area contributed by atoms with E-state index in [2.05, 4.69) is 27.8 Å². The van der Waals surface area contributed by atoms with Crippen LogP contribution < -0.4 is 10.6 Å². The average molecular weight is 458 g/mol. The molecule has 34 heavy (non-hydrogen) atoms. The number of rotatable bonds is 6. The Morgan fingerprint density at radius 2 is 1.82 bits per heavy atom. The molecule has 3 aromatic rings. The number of carbonyl (C=O) groups is 1. The molecular formula is C27H31N5O2. The summed E-state index contributed by atoms with van der Waals surface area (Å²) in [5, 5.41) is 16.5. The summed E-state index contributed by atoms with van der Waals surface area (Å²) < 4.78 is 0. The number of aliphatic hydroxyl groups is 1. The Balaban J connectivity index is 1.44. The molecule has 5 rings (SSSR count). The van der Waals surface area contributed by atoms with Crippen LogP contribution in [0.25, 0.3) is 11.4 Å². The highest BCUT2D eigenvalue weighted by molar-refractivity contribution is 5.82. The molecule has 0 radical (unpaired) electrons. The average Bonchev–Trinajstić information content (AvgIpc) is 3.35. The first-order valence-corrected chi connectivity index (χ1v) is 12.0. The Morgan fingerprint density at radius 1 is 1.06 bits per heavy atom. The molecule has 0 aliphatic heterocycles. The zero-order valence-electron chi connectivity index (χ0n) is 19.7. The van der Waals surface area contributed by atoms with Crippen molar-refractivity contribution in [3.05, 3.63) is 71.2 Å². The summed E-state index contributed by atoms with van der Waals surface area (Å²) in [6.45, 7) is 3.34. The maximum atomic E-state index is 12.7. The molecule has 1 amide bonds. The molecule has 2 aliphatic rings. The number of aromatic nitrogens is 3. The molecule has 3 N–H and O–H groups in total. The predicted octanol–water partition coefficient (Wildman–Crippen LogP) is 4.15. The van der Waals surface area contributed by atoms with Crippen molar-refractivity contribution in [3.63, 3.8) is 0 Å². The third-order valence-corrected chi connectivity index (χ3v) is 6.97. The molecule has 7 nitrogen and oxygen atoms in total. The minimum atomic E-state index is -0.811. The number of hydrogen-bond acceptors (Lipinski definition) is 6. The van der Waals surface area contributed by atoms with Gasteiger partial charge in [0.1, 0.15) is 5.82 Å². The van der Waals surface area contributed by atoms with Crippen molar-refractivity contribution in [2.75, 3.05) is 11.9 Å². The first-order valence-electron chi connectivity index (χ1n) is 12.0. The molecule has 2 atom stereocenters. The molecular weight excluding hydrogens is 426 g/mol. The molecule has 0 saturated carbocycles. The second-order valence-electron chi connectivity index (χ2n) is 9.89. The lowest BCUT2D eigenvalue weighted by Gasteiger charge is -2.34. The van der Waals surface area contributed by atoms with Crippen molar-refractivity contribution in [1.82, 2.24) is 20.3 Å². The van der Waals surface area contributed by atoms with Gasteiger partial charge in [0, 0.05) is 29.2 Å². The molecule has 176 valence electrons. The lowest BCUT2D eigenvalue weighted by molar-refractivity contribution is -0.132. The second kappa shape index (κ2) is 9.14. The fourth-order valence-electron chi connectivity index (χ4n) is 4.86. The molecule has 0 saturated heterocycles. The van der Waals surface area contributed by atoms with E-state index in [4.69, 9.17) is 9.97 Å². The van der Waals surface area contributed by atoms with Gasteiger partial charge in [0.25, 0.3) is 0 Å². The zero-order valence-corrected chi connectivity index (χ0v) is 19.7. The highest BCUT2D eigenvalue weighted by atomic mass is 16.3. The number of aryl methyl sites for hydroxylation is 1. The third-order valence-electron chi connectivity index (χ3n) is 6.97. The fourth-order valence-corrected chi connectivity index (χ4v) is 4.86. The Morgan fingerprint density at radius 3 is 2.56 bits per heavy atom. The maximum Gasteiger partial charge on any atom is 0.228 e. The third kappa shape index (κ3) is 4.28. The number of amides is 1. The molecule has 1 aromatic carbocycles. The van der Waals surface area contributed by atoms with Crippen molar-refractivity contribution in [2.45, 2.75) is 58.0 Å². The van der Waals surface area contributed by atoms with E-state index in [1.165, 1.54) is 11.1 Å². The smallest absolute Gasteiger partial charge is 0.228 e. The van der Waals surface area contributed by atoms with Gasteiger partial charge in [0.05, 0.1) is 24.1 Å². The van der Waals surface area contributed by atoms with Crippen molar-refractivity contribution in [2.24, 2.45) is 5.41 Å². The minimum Gasteiger partial charge on any atom is -0.395 e. The summed E-state index contributed by atoms with van der Waals surface area (Å²) in [5.41, 5.74) is 4.73. The molecule has 0 spiro atoms. The molecule has 2 heterocycles. The number of fused-ring (bicyclic) bond motifs is 2. The van der Waals surface area contributed by atoms with Crippen molar-refractivity contribution >= 4 is 11.7 Å². The number of benzene rings is 1. The SMILES string of the molecule is CC(C)(CO)C(=O)NC1CCC(Nc2nc(-c3cccnc3)nc3c2CCC3)c2ccccc21. The standard InChI is InChI=1S/C27H31N5O2/c1-27(2,16-33)26(34)31-23-13-12-22(18-8-3-4-9-19(18)23)30-25-20-10-5-11-21(20)29-24(32-25)17-7-6-14-28-15-17/h3-4,6-9,14-15,22-23,33H,5,10-13,16H2,1-2H3,(H,31,34)(H,29,30,32). The van der Waals surface area contributed by atoms with Gasteiger partial charge in [0.2, 0.25) is 5.91 Å². The molecule has 0 bridgehead atoms. The van der Waals surface area contributed by atoms with E-state index < -0.39 is 5.41 Å². The highest BCUT2D eigenvalue weighted by Gasteiger charge is 2.33. The van der Waals surface area contributed by atoms with Gasteiger partial charge in [-0.1, -0.05) is 24.3 Å². The van der Waals surface area contributed by atoms with Crippen LogP contribution in [-0.4, -0.2) is 32.6 Å². The van der Waals surface area contributed by atoms with E-state index in [0.717, 1.165) is 54.7 Å². The molecule has 2 unspecified atom stereocenters. The fraction of sp³-hybridized carbons (Fsp3) is 0.407. The van der Waals surface area contributed by atoms with Gasteiger partial charge < -0.3 is 15.7 Å². The Bertz CT molecular complexity index is 1190. The summed E-state index contributed by atoms with van der Waals surface area (Å²) in [5.74, 6) is 1.48. The van der Waals surface area contributed by atoms with Gasteiger partial charge >= 0.3 is 0 Å². The molecule has 0 fully saturated rings.